The lowest BCUT2D eigenvalue weighted by molar-refractivity contribution is -0.144. The fourth-order valence-electron chi connectivity index (χ4n) is 2.11. The molecule has 1 aromatic carbocycles. The number of aryl methyl sites for hydroxylation is 1. The van der Waals surface area contributed by atoms with E-state index in [4.69, 9.17) is 14.3 Å². The molecule has 1 aromatic heterocycles. The number of unbranched alkanes of at least 4 members (excludes halogenated alkanes) is 1. The molecule has 112 valence electrons. The average molecular weight is 290 g/mol. The van der Waals surface area contributed by atoms with Crippen molar-refractivity contribution in [2.24, 2.45) is 0 Å². The summed E-state index contributed by atoms with van der Waals surface area (Å²) in [5, 5.41) is 9.70. The van der Waals surface area contributed by atoms with Gasteiger partial charge in [-0.2, -0.15) is 0 Å². The summed E-state index contributed by atoms with van der Waals surface area (Å²) in [6, 6.07) is 6.56. The van der Waals surface area contributed by atoms with Gasteiger partial charge in [0.1, 0.15) is 11.3 Å². The second kappa shape index (κ2) is 6.43. The van der Waals surface area contributed by atoms with Gasteiger partial charge < -0.3 is 14.3 Å². The lowest BCUT2D eigenvalue weighted by Crippen LogP contribution is -2.22. The lowest BCUT2D eigenvalue weighted by atomic mass is 10.0. The van der Waals surface area contributed by atoms with Crippen molar-refractivity contribution in [3.05, 3.63) is 40.2 Å². The Morgan fingerprint density at radius 1 is 1.38 bits per heavy atom. The van der Waals surface area contributed by atoms with Gasteiger partial charge in [0.25, 0.3) is 0 Å². The van der Waals surface area contributed by atoms with Gasteiger partial charge in [0.2, 0.25) is 0 Å². The van der Waals surface area contributed by atoms with Crippen LogP contribution < -0.4 is 10.4 Å². The van der Waals surface area contributed by atoms with Crippen LogP contribution in [0.4, 0.5) is 0 Å². The predicted molar refractivity (Wildman–Crippen MR) is 78.8 cm³/mol. The third-order valence-corrected chi connectivity index (χ3v) is 3.26. The van der Waals surface area contributed by atoms with Gasteiger partial charge in [0.05, 0.1) is 0 Å². The van der Waals surface area contributed by atoms with Gasteiger partial charge in [0.15, 0.2) is 6.10 Å². The van der Waals surface area contributed by atoms with Gasteiger partial charge in [0, 0.05) is 17.5 Å². The molecule has 21 heavy (non-hydrogen) atoms. The molecule has 0 saturated heterocycles. The van der Waals surface area contributed by atoms with E-state index in [1.165, 1.54) is 13.0 Å². The Hall–Kier alpha value is -2.30. The fourth-order valence-corrected chi connectivity index (χ4v) is 2.11. The van der Waals surface area contributed by atoms with E-state index in [9.17, 15) is 9.59 Å². The first-order valence-corrected chi connectivity index (χ1v) is 6.97. The van der Waals surface area contributed by atoms with E-state index in [0.717, 1.165) is 30.2 Å². The number of fused-ring (bicyclic) bond motifs is 1. The van der Waals surface area contributed by atoms with Crippen LogP contribution in [0.15, 0.2) is 33.5 Å². The molecule has 0 radical (unpaired) electrons. The zero-order valence-corrected chi connectivity index (χ0v) is 12.1. The molecular formula is C16H18O5. The van der Waals surface area contributed by atoms with Gasteiger partial charge >= 0.3 is 11.6 Å². The van der Waals surface area contributed by atoms with Gasteiger partial charge in [-0.05, 0) is 37.5 Å². The highest BCUT2D eigenvalue weighted by atomic mass is 16.5. The first kappa shape index (κ1) is 15.1. The Labute approximate surface area is 122 Å². The largest absolute Gasteiger partial charge is 0.479 e. The number of carboxylic acid groups (broad SMARTS) is 1. The number of carbonyl (C=O) groups is 1. The highest BCUT2D eigenvalue weighted by Gasteiger charge is 2.13. The van der Waals surface area contributed by atoms with Crippen molar-refractivity contribution >= 4 is 16.9 Å². The zero-order chi connectivity index (χ0) is 15.4. The van der Waals surface area contributed by atoms with Crippen molar-refractivity contribution in [1.82, 2.24) is 0 Å². The van der Waals surface area contributed by atoms with Crippen LogP contribution in [0.1, 0.15) is 32.3 Å². The minimum atomic E-state index is -1.05. The Morgan fingerprint density at radius 2 is 2.14 bits per heavy atom. The summed E-state index contributed by atoms with van der Waals surface area (Å²) in [5.74, 6) is -0.679. The summed E-state index contributed by atoms with van der Waals surface area (Å²) in [6.45, 7) is 3.53. The smallest absolute Gasteiger partial charge is 0.344 e. The number of ether oxygens (including phenoxy) is 1. The maximum Gasteiger partial charge on any atom is 0.344 e. The maximum absolute atomic E-state index is 11.6. The van der Waals surface area contributed by atoms with E-state index in [1.807, 2.05) is 0 Å². The number of hydrogen-bond donors (Lipinski definition) is 1. The third-order valence-electron chi connectivity index (χ3n) is 3.26. The van der Waals surface area contributed by atoms with Gasteiger partial charge in [-0.25, -0.2) is 9.59 Å². The molecule has 0 saturated carbocycles. The molecule has 2 aromatic rings. The summed E-state index contributed by atoms with van der Waals surface area (Å²) in [6.07, 6.45) is 1.88. The van der Waals surface area contributed by atoms with Gasteiger partial charge in [-0.3, -0.25) is 0 Å². The molecule has 0 amide bonds. The first-order chi connectivity index (χ1) is 10.0. The van der Waals surface area contributed by atoms with E-state index in [1.54, 1.807) is 18.2 Å². The molecule has 0 spiro atoms. The van der Waals surface area contributed by atoms with Crippen LogP contribution in [-0.2, 0) is 11.2 Å². The van der Waals surface area contributed by atoms with Crippen molar-refractivity contribution < 1.29 is 19.1 Å². The Balaban J connectivity index is 2.39. The number of rotatable bonds is 6. The minimum Gasteiger partial charge on any atom is -0.479 e. The van der Waals surface area contributed by atoms with Crippen molar-refractivity contribution in [1.29, 1.82) is 0 Å². The van der Waals surface area contributed by atoms with E-state index in [-0.39, 0.29) is 0 Å². The molecule has 0 bridgehead atoms. The fraction of sp³-hybridized carbons (Fsp3) is 0.375. The minimum absolute atomic E-state index is 0.369. The predicted octanol–water partition coefficient (Wildman–Crippen LogP) is 2.99. The van der Waals surface area contributed by atoms with Crippen LogP contribution in [0.5, 0.6) is 5.75 Å². The molecule has 0 fully saturated rings. The molecule has 1 heterocycles. The molecule has 2 rings (SSSR count). The summed E-state index contributed by atoms with van der Waals surface area (Å²) < 4.78 is 10.5. The molecule has 1 atom stereocenters. The summed E-state index contributed by atoms with van der Waals surface area (Å²) in [5.41, 5.74) is 0.960. The van der Waals surface area contributed by atoms with E-state index >= 15 is 0 Å². The highest BCUT2D eigenvalue weighted by Crippen LogP contribution is 2.24. The molecule has 1 N–H and O–H groups in total. The number of aliphatic carboxylic acids is 1. The SMILES string of the molecule is CCCCc1cc(=O)oc2cc(OC(C)C(=O)O)ccc12. The monoisotopic (exact) mass is 290 g/mol. The highest BCUT2D eigenvalue weighted by molar-refractivity contribution is 5.81. The number of benzene rings is 1. The second-order valence-corrected chi connectivity index (χ2v) is 4.95. The molecule has 5 heteroatoms. The van der Waals surface area contributed by atoms with E-state index < -0.39 is 17.7 Å². The summed E-state index contributed by atoms with van der Waals surface area (Å²) >= 11 is 0. The second-order valence-electron chi connectivity index (χ2n) is 4.95. The van der Waals surface area contributed by atoms with Crippen molar-refractivity contribution in [3.8, 4) is 5.75 Å². The van der Waals surface area contributed by atoms with Gasteiger partial charge in [-0.1, -0.05) is 13.3 Å². The van der Waals surface area contributed by atoms with Crippen molar-refractivity contribution in [3.63, 3.8) is 0 Å². The van der Waals surface area contributed by atoms with Crippen molar-refractivity contribution in [2.75, 3.05) is 0 Å². The molecule has 0 aliphatic heterocycles. The Bertz CT molecular complexity index is 701. The van der Waals surface area contributed by atoms with Crippen LogP contribution in [0, 0.1) is 0 Å². The van der Waals surface area contributed by atoms with Crippen molar-refractivity contribution in [2.45, 2.75) is 39.2 Å². The number of carboxylic acids is 1. The number of hydrogen-bond acceptors (Lipinski definition) is 4. The Kier molecular flexibility index (Phi) is 4.62. The van der Waals surface area contributed by atoms with E-state index in [2.05, 4.69) is 6.92 Å². The van der Waals surface area contributed by atoms with Gasteiger partial charge in [-0.15, -0.1) is 0 Å². The third kappa shape index (κ3) is 3.62. The molecule has 1 unspecified atom stereocenters. The first-order valence-electron chi connectivity index (χ1n) is 6.97. The average Bonchev–Trinajstić information content (AvgIpc) is 2.44. The standard InChI is InChI=1S/C16H18O5/c1-3-4-5-11-8-15(17)21-14-9-12(6-7-13(11)14)20-10(2)16(18)19/h6-10H,3-5H2,1-2H3,(H,18,19). The molecule has 0 aliphatic rings. The van der Waals surface area contributed by atoms with E-state index in [0.29, 0.717) is 11.3 Å². The molecular weight excluding hydrogens is 272 g/mol. The normalized spacial score (nSPS) is 12.3. The zero-order valence-electron chi connectivity index (χ0n) is 12.1. The van der Waals surface area contributed by atoms with Crippen LogP contribution in [0.2, 0.25) is 0 Å². The molecule has 5 nitrogen and oxygen atoms in total. The summed E-state index contributed by atoms with van der Waals surface area (Å²) in [4.78, 5) is 22.4. The maximum atomic E-state index is 11.6. The van der Waals surface area contributed by atoms with Crippen LogP contribution in [0.3, 0.4) is 0 Å². The summed E-state index contributed by atoms with van der Waals surface area (Å²) in [7, 11) is 0. The Morgan fingerprint density at radius 3 is 2.81 bits per heavy atom. The van der Waals surface area contributed by atoms with Crippen LogP contribution >= 0.6 is 0 Å². The topological polar surface area (TPSA) is 76.7 Å². The van der Waals surface area contributed by atoms with Crippen LogP contribution in [0.25, 0.3) is 11.0 Å². The molecule has 0 aliphatic carbocycles. The van der Waals surface area contributed by atoms with Crippen LogP contribution in [-0.4, -0.2) is 17.2 Å². The lowest BCUT2D eigenvalue weighted by Gasteiger charge is -2.11. The quantitative estimate of drug-likeness (QED) is 0.828.